The van der Waals surface area contributed by atoms with E-state index >= 15 is 0 Å². The molecule has 2 aliphatic heterocycles. The summed E-state index contributed by atoms with van der Waals surface area (Å²) in [6.45, 7) is 2.09. The summed E-state index contributed by atoms with van der Waals surface area (Å²) in [6, 6.07) is 11.9. The van der Waals surface area contributed by atoms with Crippen LogP contribution in [0.1, 0.15) is 11.1 Å². The number of nitrogens with one attached hydrogen (secondary N) is 2. The molecule has 1 amide bonds. The van der Waals surface area contributed by atoms with Crippen molar-refractivity contribution >= 4 is 39.3 Å². The number of rotatable bonds is 6. The average Bonchev–Trinajstić information content (AvgIpc) is 3.30. The largest absolute Gasteiger partial charge is 0.454 e. The molecule has 0 atom stereocenters. The maximum Gasteiger partial charge on any atom is 0.250 e. The fourth-order valence-corrected chi connectivity index (χ4v) is 4.87. The molecule has 0 radical (unpaired) electrons. The van der Waals surface area contributed by atoms with Gasteiger partial charge in [0.2, 0.25) is 22.7 Å². The first-order valence-electron chi connectivity index (χ1n) is 10.3. The number of thiocarbonyl (C=S) groups is 1. The van der Waals surface area contributed by atoms with Crippen molar-refractivity contribution in [1.82, 2.24) is 14.9 Å². The zero-order valence-electron chi connectivity index (χ0n) is 17.7. The fourth-order valence-electron chi connectivity index (χ4n) is 3.29. The lowest BCUT2D eigenvalue weighted by Gasteiger charge is -2.26. The van der Waals surface area contributed by atoms with Crippen molar-refractivity contribution in [3.63, 3.8) is 0 Å². The number of morpholine rings is 1. The number of benzene rings is 2. The lowest BCUT2D eigenvalue weighted by Crippen LogP contribution is -2.40. The highest BCUT2D eigenvalue weighted by atomic mass is 32.2. The molecule has 174 valence electrons. The Morgan fingerprint density at radius 2 is 1.79 bits per heavy atom. The summed E-state index contributed by atoms with van der Waals surface area (Å²) in [7, 11) is -3.55. The van der Waals surface area contributed by atoms with Crippen molar-refractivity contribution in [1.29, 1.82) is 0 Å². The molecule has 11 heteroatoms. The second-order valence-corrected chi connectivity index (χ2v) is 9.62. The summed E-state index contributed by atoms with van der Waals surface area (Å²) in [5, 5.41) is 5.73. The third kappa shape index (κ3) is 5.88. The Morgan fingerprint density at radius 3 is 2.55 bits per heavy atom. The summed E-state index contributed by atoms with van der Waals surface area (Å²) in [5.41, 5.74) is 1.61. The van der Waals surface area contributed by atoms with Gasteiger partial charge in [0.05, 0.1) is 18.1 Å². The Balaban J connectivity index is 1.27. The van der Waals surface area contributed by atoms with Crippen molar-refractivity contribution < 1.29 is 27.4 Å². The number of carbonyl (C=O) groups excluding carboxylic acids is 1. The number of hydrogen-bond donors (Lipinski definition) is 2. The van der Waals surface area contributed by atoms with E-state index in [9.17, 15) is 13.2 Å². The Kier molecular flexibility index (Phi) is 7.23. The molecule has 0 unspecified atom stereocenters. The number of carbonyl (C=O) groups is 1. The van der Waals surface area contributed by atoms with Gasteiger partial charge in [-0.2, -0.15) is 4.31 Å². The smallest absolute Gasteiger partial charge is 0.250 e. The Morgan fingerprint density at radius 1 is 1.06 bits per heavy atom. The standard InChI is InChI=1S/C22H23N3O6S2/c26-21(24-22(32)23-14-17-3-7-19-20(13-17)31-15-30-19)8-4-16-1-5-18(6-2-16)33(27,28)25-9-11-29-12-10-25/h1-8,13H,9-12,14-15H2,(H2,23,24,26,32). The number of fused-ring (bicyclic) bond motifs is 1. The molecule has 2 heterocycles. The van der Waals surface area contributed by atoms with E-state index in [2.05, 4.69) is 10.6 Å². The summed E-state index contributed by atoms with van der Waals surface area (Å²) >= 11 is 5.17. The van der Waals surface area contributed by atoms with Crippen molar-refractivity contribution in [2.45, 2.75) is 11.4 Å². The van der Waals surface area contributed by atoms with Crippen molar-refractivity contribution in [2.24, 2.45) is 0 Å². The summed E-state index contributed by atoms with van der Waals surface area (Å²) < 4.78 is 42.6. The van der Waals surface area contributed by atoms with Crippen LogP contribution in [0.3, 0.4) is 0 Å². The SMILES string of the molecule is O=C(C=Cc1ccc(S(=O)(=O)N2CCOCC2)cc1)NC(=S)NCc1ccc2c(c1)OCO2. The first-order valence-corrected chi connectivity index (χ1v) is 12.1. The lowest BCUT2D eigenvalue weighted by atomic mass is 10.2. The van der Waals surface area contributed by atoms with Crippen molar-refractivity contribution in [3.05, 3.63) is 59.7 Å². The summed E-state index contributed by atoms with van der Waals surface area (Å²) in [5.74, 6) is 0.977. The van der Waals surface area contributed by atoms with Crippen molar-refractivity contribution in [3.8, 4) is 11.5 Å². The molecule has 33 heavy (non-hydrogen) atoms. The Bertz CT molecular complexity index is 1160. The van der Waals surface area contributed by atoms with Crippen molar-refractivity contribution in [2.75, 3.05) is 33.1 Å². The Hall–Kier alpha value is -2.99. The van der Waals surface area contributed by atoms with Gasteiger partial charge in [0, 0.05) is 25.7 Å². The molecule has 0 spiro atoms. The third-order valence-electron chi connectivity index (χ3n) is 5.04. The van der Waals surface area contributed by atoms with Crippen LogP contribution in [0.15, 0.2) is 53.4 Å². The number of sulfonamides is 1. The van der Waals surface area contributed by atoms with Crippen LogP contribution in [0, 0.1) is 0 Å². The van der Waals surface area contributed by atoms with Gasteiger partial charge in [-0.05, 0) is 53.7 Å². The van der Waals surface area contributed by atoms with Crippen LogP contribution in [-0.2, 0) is 26.1 Å². The molecule has 4 rings (SSSR count). The van der Waals surface area contributed by atoms with Gasteiger partial charge in [-0.25, -0.2) is 8.42 Å². The second-order valence-electron chi connectivity index (χ2n) is 7.28. The van der Waals surface area contributed by atoms with Gasteiger partial charge in [-0.1, -0.05) is 18.2 Å². The number of amides is 1. The molecule has 2 N–H and O–H groups in total. The molecule has 1 fully saturated rings. The molecule has 0 saturated carbocycles. The minimum absolute atomic E-state index is 0.189. The lowest BCUT2D eigenvalue weighted by molar-refractivity contribution is -0.115. The first-order chi connectivity index (χ1) is 15.9. The predicted octanol–water partition coefficient (Wildman–Crippen LogP) is 1.64. The molecule has 2 aromatic carbocycles. The summed E-state index contributed by atoms with van der Waals surface area (Å²) in [4.78, 5) is 12.4. The van der Waals surface area contributed by atoms with Crippen LogP contribution in [0.25, 0.3) is 6.08 Å². The van der Waals surface area contributed by atoms with E-state index in [1.165, 1.54) is 22.5 Å². The second kappa shape index (κ2) is 10.3. The molecule has 1 saturated heterocycles. The first kappa shape index (κ1) is 23.2. The molecule has 0 bridgehead atoms. The van der Waals surface area contributed by atoms with Gasteiger partial charge in [-0.3, -0.25) is 10.1 Å². The highest BCUT2D eigenvalue weighted by molar-refractivity contribution is 7.89. The fraction of sp³-hybridized carbons (Fsp3) is 0.273. The van der Waals surface area contributed by atoms with E-state index in [1.54, 1.807) is 18.2 Å². The minimum Gasteiger partial charge on any atom is -0.454 e. The van der Waals surface area contributed by atoms with Gasteiger partial charge >= 0.3 is 0 Å². The third-order valence-corrected chi connectivity index (χ3v) is 7.20. The zero-order chi connectivity index (χ0) is 23.3. The van der Waals surface area contributed by atoms with Crippen LogP contribution < -0.4 is 20.1 Å². The topological polar surface area (TPSA) is 106 Å². The van der Waals surface area contributed by atoms with Crippen LogP contribution in [-0.4, -0.2) is 56.8 Å². The van der Waals surface area contributed by atoms with Crippen LogP contribution in [0.2, 0.25) is 0 Å². The van der Waals surface area contributed by atoms with E-state index in [1.807, 2.05) is 18.2 Å². The van der Waals surface area contributed by atoms with Crippen LogP contribution in [0.5, 0.6) is 11.5 Å². The van der Waals surface area contributed by atoms with Gasteiger partial charge in [0.15, 0.2) is 16.6 Å². The van der Waals surface area contributed by atoms with Gasteiger partial charge in [0.25, 0.3) is 0 Å². The van der Waals surface area contributed by atoms with E-state index in [4.69, 9.17) is 26.4 Å². The molecular weight excluding hydrogens is 466 g/mol. The maximum atomic E-state index is 12.7. The van der Waals surface area contributed by atoms with E-state index in [-0.39, 0.29) is 16.8 Å². The molecule has 2 aromatic rings. The monoisotopic (exact) mass is 489 g/mol. The normalized spacial score (nSPS) is 16.0. The van der Waals surface area contributed by atoms with Crippen LogP contribution >= 0.6 is 12.2 Å². The number of hydrogen-bond acceptors (Lipinski definition) is 7. The van der Waals surface area contributed by atoms with Gasteiger partial charge in [0.1, 0.15) is 0 Å². The average molecular weight is 490 g/mol. The molecular formula is C22H23N3O6S2. The molecule has 2 aliphatic rings. The van der Waals surface area contributed by atoms with Gasteiger partial charge < -0.3 is 19.5 Å². The molecule has 0 aliphatic carbocycles. The molecule has 0 aromatic heterocycles. The maximum absolute atomic E-state index is 12.7. The predicted molar refractivity (Wildman–Crippen MR) is 125 cm³/mol. The quantitative estimate of drug-likeness (QED) is 0.466. The van der Waals surface area contributed by atoms with Crippen LogP contribution in [0.4, 0.5) is 0 Å². The minimum atomic E-state index is -3.55. The molecule has 9 nitrogen and oxygen atoms in total. The highest BCUT2D eigenvalue weighted by Gasteiger charge is 2.26. The van der Waals surface area contributed by atoms with E-state index in [0.29, 0.717) is 49.9 Å². The summed E-state index contributed by atoms with van der Waals surface area (Å²) in [6.07, 6.45) is 2.92. The van der Waals surface area contributed by atoms with Gasteiger partial charge in [-0.15, -0.1) is 0 Å². The zero-order valence-corrected chi connectivity index (χ0v) is 19.3. The van der Waals surface area contributed by atoms with E-state index < -0.39 is 15.9 Å². The Labute approximate surface area is 197 Å². The van der Waals surface area contributed by atoms with E-state index in [0.717, 1.165) is 5.56 Å². The number of nitrogens with zero attached hydrogens (tertiary/aromatic N) is 1. The highest BCUT2D eigenvalue weighted by Crippen LogP contribution is 2.32. The number of ether oxygens (including phenoxy) is 3.